The summed E-state index contributed by atoms with van der Waals surface area (Å²) in [6, 6.07) is 0. The van der Waals surface area contributed by atoms with Crippen molar-refractivity contribution in [1.29, 1.82) is 0 Å². The number of hydrogen-bond acceptors (Lipinski definition) is 2. The Balaban J connectivity index is 2.95. The first kappa shape index (κ1) is 9.35. The molecule has 0 saturated heterocycles. The second kappa shape index (κ2) is 6.47. The van der Waals surface area contributed by atoms with Crippen molar-refractivity contribution in [3.63, 3.8) is 0 Å². The van der Waals surface area contributed by atoms with E-state index in [-0.39, 0.29) is 0 Å². The highest BCUT2D eigenvalue weighted by Crippen LogP contribution is 1.84. The molecule has 1 unspecified atom stereocenters. The van der Waals surface area contributed by atoms with Gasteiger partial charge in [0.25, 0.3) is 0 Å². The lowest BCUT2D eigenvalue weighted by Crippen LogP contribution is -2.28. The van der Waals surface area contributed by atoms with Crippen molar-refractivity contribution >= 4 is 9.24 Å². The van der Waals surface area contributed by atoms with Crippen LogP contribution in [0.1, 0.15) is 0 Å². The molecule has 9 heavy (non-hydrogen) atoms. The van der Waals surface area contributed by atoms with E-state index in [0.29, 0.717) is 0 Å². The van der Waals surface area contributed by atoms with Gasteiger partial charge in [-0.05, 0) is 20.3 Å². The first-order valence-electron chi connectivity index (χ1n) is 3.34. The highest BCUT2D eigenvalue weighted by Gasteiger charge is 1.92. The molecule has 0 fully saturated rings. The zero-order valence-electron chi connectivity index (χ0n) is 6.35. The molecule has 1 N–H and O–H groups in total. The Morgan fingerprint density at radius 3 is 2.56 bits per heavy atom. The quantitative estimate of drug-likeness (QED) is 0.553. The van der Waals surface area contributed by atoms with Crippen molar-refractivity contribution in [2.75, 3.05) is 39.9 Å². The van der Waals surface area contributed by atoms with Gasteiger partial charge < -0.3 is 10.2 Å². The lowest BCUT2D eigenvalue weighted by atomic mass is 10.5. The molecule has 0 aromatic rings. The molecular weight excluding hydrogens is 131 g/mol. The van der Waals surface area contributed by atoms with Crippen LogP contribution in [0, 0.1) is 0 Å². The smallest absolute Gasteiger partial charge is 0.0104 e. The molecule has 0 spiro atoms. The average molecular weight is 148 g/mol. The van der Waals surface area contributed by atoms with Crippen molar-refractivity contribution in [2.45, 2.75) is 0 Å². The van der Waals surface area contributed by atoms with E-state index in [1.807, 2.05) is 7.05 Å². The van der Waals surface area contributed by atoms with Gasteiger partial charge in [0.05, 0.1) is 0 Å². The lowest BCUT2D eigenvalue weighted by Gasteiger charge is -2.13. The van der Waals surface area contributed by atoms with Crippen LogP contribution in [0.15, 0.2) is 0 Å². The summed E-state index contributed by atoms with van der Waals surface area (Å²) in [5.41, 5.74) is 0. The van der Waals surface area contributed by atoms with E-state index in [1.165, 1.54) is 12.7 Å². The molecule has 0 amide bonds. The third kappa shape index (κ3) is 6.23. The molecular formula is C6H17N2P. The summed E-state index contributed by atoms with van der Waals surface area (Å²) in [6.07, 6.45) is 1.17. The molecule has 0 bridgehead atoms. The molecule has 0 aromatic heterocycles. The van der Waals surface area contributed by atoms with Crippen LogP contribution < -0.4 is 5.32 Å². The summed E-state index contributed by atoms with van der Waals surface area (Å²) in [6.45, 7) is 3.40. The summed E-state index contributed by atoms with van der Waals surface area (Å²) in [4.78, 5) is 2.31. The Kier molecular flexibility index (Phi) is 6.72. The zero-order valence-corrected chi connectivity index (χ0v) is 7.51. The van der Waals surface area contributed by atoms with Crippen LogP contribution in [0.4, 0.5) is 0 Å². The Labute approximate surface area is 60.2 Å². The molecule has 1 atom stereocenters. The maximum absolute atomic E-state index is 3.11. The number of rotatable bonds is 5. The summed E-state index contributed by atoms with van der Waals surface area (Å²) < 4.78 is 0. The monoisotopic (exact) mass is 148 g/mol. The molecule has 0 aromatic carbocycles. The van der Waals surface area contributed by atoms with Crippen LogP contribution >= 0.6 is 9.24 Å². The Bertz CT molecular complexity index is 59.0. The van der Waals surface area contributed by atoms with E-state index in [4.69, 9.17) is 0 Å². The van der Waals surface area contributed by atoms with Crippen LogP contribution in [0.25, 0.3) is 0 Å². The van der Waals surface area contributed by atoms with Crippen LogP contribution in [0.2, 0.25) is 0 Å². The fourth-order valence-electron chi connectivity index (χ4n) is 0.635. The normalized spacial score (nSPS) is 10.7. The van der Waals surface area contributed by atoms with Gasteiger partial charge in [0.15, 0.2) is 0 Å². The molecule has 0 radical (unpaired) electrons. The predicted octanol–water partition coefficient (Wildman–Crippen LogP) is 0.0127. The summed E-state index contributed by atoms with van der Waals surface area (Å²) in [7, 11) is 6.85. The van der Waals surface area contributed by atoms with Gasteiger partial charge in [-0.15, -0.1) is 9.24 Å². The Hall–Kier alpha value is 0.350. The first-order valence-corrected chi connectivity index (χ1v) is 4.16. The molecule has 0 saturated carbocycles. The van der Waals surface area contributed by atoms with Gasteiger partial charge in [0.1, 0.15) is 0 Å². The van der Waals surface area contributed by atoms with E-state index in [2.05, 4.69) is 26.5 Å². The molecule has 0 rings (SSSR count). The summed E-state index contributed by atoms with van der Waals surface area (Å²) in [5, 5.41) is 3.11. The van der Waals surface area contributed by atoms with Gasteiger partial charge in [-0.2, -0.15) is 0 Å². The largest absolute Gasteiger partial charge is 0.318 e. The van der Waals surface area contributed by atoms with Crippen molar-refractivity contribution in [3.8, 4) is 0 Å². The van der Waals surface area contributed by atoms with Crippen LogP contribution in [0.5, 0.6) is 0 Å². The van der Waals surface area contributed by atoms with Gasteiger partial charge in [-0.1, -0.05) is 0 Å². The van der Waals surface area contributed by atoms with E-state index in [9.17, 15) is 0 Å². The molecule has 3 heteroatoms. The fourth-order valence-corrected chi connectivity index (χ4v) is 1.08. The lowest BCUT2D eigenvalue weighted by molar-refractivity contribution is 0.356. The maximum atomic E-state index is 3.11. The second-order valence-electron chi connectivity index (χ2n) is 2.20. The Morgan fingerprint density at radius 2 is 2.11 bits per heavy atom. The second-order valence-corrected chi connectivity index (χ2v) is 2.77. The third-order valence-electron chi connectivity index (χ3n) is 1.25. The number of nitrogens with zero attached hydrogens (tertiary/aromatic N) is 1. The molecule has 56 valence electrons. The van der Waals surface area contributed by atoms with Crippen molar-refractivity contribution in [3.05, 3.63) is 0 Å². The van der Waals surface area contributed by atoms with Gasteiger partial charge in [0.2, 0.25) is 0 Å². The molecule has 2 nitrogen and oxygen atoms in total. The van der Waals surface area contributed by atoms with Crippen LogP contribution in [0.3, 0.4) is 0 Å². The minimum atomic E-state index is 1.08. The third-order valence-corrected chi connectivity index (χ3v) is 1.51. The van der Waals surface area contributed by atoms with Gasteiger partial charge in [-0.25, -0.2) is 0 Å². The number of hydrogen-bond donors (Lipinski definition) is 1. The highest BCUT2D eigenvalue weighted by atomic mass is 31.0. The first-order chi connectivity index (χ1) is 4.31. The standard InChI is InChI=1S/C6H17N2P/c1-7-3-4-8(2)5-6-9/h7H,3-6,9H2,1-2H3. The van der Waals surface area contributed by atoms with E-state index < -0.39 is 0 Å². The summed E-state index contributed by atoms with van der Waals surface area (Å²) in [5.74, 6) is 0. The molecule has 0 aliphatic heterocycles. The fraction of sp³-hybridized carbons (Fsp3) is 1.00. The Morgan fingerprint density at radius 1 is 1.44 bits per heavy atom. The van der Waals surface area contributed by atoms with Crippen LogP contribution in [-0.4, -0.2) is 44.8 Å². The highest BCUT2D eigenvalue weighted by molar-refractivity contribution is 7.16. The number of nitrogens with one attached hydrogen (secondary N) is 1. The van der Waals surface area contributed by atoms with Gasteiger partial charge in [-0.3, -0.25) is 0 Å². The molecule has 0 aliphatic carbocycles. The molecule has 0 heterocycles. The van der Waals surface area contributed by atoms with E-state index in [0.717, 1.165) is 13.1 Å². The maximum Gasteiger partial charge on any atom is 0.0104 e. The minimum absolute atomic E-state index is 1.08. The van der Waals surface area contributed by atoms with Crippen LogP contribution in [-0.2, 0) is 0 Å². The minimum Gasteiger partial charge on any atom is -0.318 e. The van der Waals surface area contributed by atoms with E-state index in [1.54, 1.807) is 0 Å². The number of likely N-dealkylation sites (N-methyl/N-ethyl adjacent to an activating group) is 2. The summed E-state index contributed by atoms with van der Waals surface area (Å²) >= 11 is 0. The molecule has 0 aliphatic rings. The van der Waals surface area contributed by atoms with Gasteiger partial charge >= 0.3 is 0 Å². The predicted molar refractivity (Wildman–Crippen MR) is 46.0 cm³/mol. The zero-order chi connectivity index (χ0) is 7.11. The van der Waals surface area contributed by atoms with Crippen molar-refractivity contribution in [1.82, 2.24) is 10.2 Å². The van der Waals surface area contributed by atoms with Crippen molar-refractivity contribution in [2.24, 2.45) is 0 Å². The SMILES string of the molecule is CNCCN(C)CCP. The van der Waals surface area contributed by atoms with E-state index >= 15 is 0 Å². The van der Waals surface area contributed by atoms with Crippen molar-refractivity contribution < 1.29 is 0 Å². The van der Waals surface area contributed by atoms with Gasteiger partial charge in [0, 0.05) is 19.6 Å². The topological polar surface area (TPSA) is 15.3 Å². The average Bonchev–Trinajstić information content (AvgIpc) is 1.85.